The van der Waals surface area contributed by atoms with Crippen LogP contribution in [-0.4, -0.2) is 20.1 Å². The second-order valence-corrected chi connectivity index (χ2v) is 7.15. The molecular weight excluding hydrogens is 300 g/mol. The van der Waals surface area contributed by atoms with Crippen molar-refractivity contribution in [3.63, 3.8) is 0 Å². The fourth-order valence-corrected chi connectivity index (χ4v) is 3.24. The molecule has 1 fully saturated rings. The van der Waals surface area contributed by atoms with Crippen LogP contribution in [0.3, 0.4) is 0 Å². The molecule has 1 aliphatic carbocycles. The molecule has 116 valence electrons. The first kappa shape index (κ1) is 15.9. The molecule has 1 saturated carbocycles. The number of hydrogen-bond acceptors (Lipinski definition) is 3. The van der Waals surface area contributed by atoms with Gasteiger partial charge in [0.2, 0.25) is 15.7 Å². The van der Waals surface area contributed by atoms with Crippen molar-refractivity contribution >= 4 is 21.4 Å². The first-order valence-electron chi connectivity index (χ1n) is 6.81. The SMILES string of the molecule is O=C(CC1CCCC1)Nc1ccc(S(=O)(=O)C(F)F)cc1. The zero-order valence-electron chi connectivity index (χ0n) is 11.4. The van der Waals surface area contributed by atoms with E-state index in [0.717, 1.165) is 37.8 Å². The van der Waals surface area contributed by atoms with Gasteiger partial charge in [-0.05, 0) is 43.0 Å². The van der Waals surface area contributed by atoms with Gasteiger partial charge in [0.05, 0.1) is 4.90 Å². The van der Waals surface area contributed by atoms with E-state index in [-0.39, 0.29) is 5.91 Å². The molecule has 1 aromatic rings. The summed E-state index contributed by atoms with van der Waals surface area (Å²) >= 11 is 0. The molecule has 21 heavy (non-hydrogen) atoms. The predicted octanol–water partition coefficient (Wildman–Crippen LogP) is 3.20. The van der Waals surface area contributed by atoms with Crippen molar-refractivity contribution in [2.75, 3.05) is 5.32 Å². The van der Waals surface area contributed by atoms with Crippen LogP contribution in [0.15, 0.2) is 29.2 Å². The molecule has 0 radical (unpaired) electrons. The van der Waals surface area contributed by atoms with Crippen LogP contribution in [0, 0.1) is 5.92 Å². The Balaban J connectivity index is 1.97. The Bertz CT molecular complexity index is 593. The Kier molecular flexibility index (Phi) is 4.92. The minimum atomic E-state index is -4.59. The van der Waals surface area contributed by atoms with Gasteiger partial charge in [-0.15, -0.1) is 0 Å². The quantitative estimate of drug-likeness (QED) is 0.907. The van der Waals surface area contributed by atoms with Gasteiger partial charge in [-0.3, -0.25) is 4.79 Å². The summed E-state index contributed by atoms with van der Waals surface area (Å²) in [5.74, 6) is -3.17. The van der Waals surface area contributed by atoms with Crippen LogP contribution in [-0.2, 0) is 14.6 Å². The van der Waals surface area contributed by atoms with Crippen LogP contribution >= 0.6 is 0 Å². The summed E-state index contributed by atoms with van der Waals surface area (Å²) in [5, 5.41) is 2.66. The molecule has 0 heterocycles. The molecule has 0 spiro atoms. The number of alkyl halides is 2. The van der Waals surface area contributed by atoms with Gasteiger partial charge in [-0.2, -0.15) is 8.78 Å². The number of carbonyl (C=O) groups excluding carboxylic acids is 1. The van der Waals surface area contributed by atoms with Gasteiger partial charge >= 0.3 is 5.76 Å². The monoisotopic (exact) mass is 317 g/mol. The Morgan fingerprint density at radius 1 is 1.19 bits per heavy atom. The van der Waals surface area contributed by atoms with E-state index >= 15 is 0 Å². The molecule has 1 aliphatic rings. The van der Waals surface area contributed by atoms with Crippen LogP contribution < -0.4 is 5.32 Å². The van der Waals surface area contributed by atoms with Crippen molar-refractivity contribution in [1.82, 2.24) is 0 Å². The summed E-state index contributed by atoms with van der Waals surface area (Å²) in [6.07, 6.45) is 4.85. The highest BCUT2D eigenvalue weighted by Crippen LogP contribution is 2.28. The molecule has 0 aliphatic heterocycles. The highest BCUT2D eigenvalue weighted by molar-refractivity contribution is 7.91. The lowest BCUT2D eigenvalue weighted by atomic mass is 10.0. The molecule has 4 nitrogen and oxygen atoms in total. The van der Waals surface area contributed by atoms with Crippen LogP contribution in [0.1, 0.15) is 32.1 Å². The van der Waals surface area contributed by atoms with Crippen molar-refractivity contribution in [1.29, 1.82) is 0 Å². The molecule has 1 amide bonds. The highest BCUT2D eigenvalue weighted by Gasteiger charge is 2.26. The molecule has 0 atom stereocenters. The van der Waals surface area contributed by atoms with Crippen molar-refractivity contribution in [3.05, 3.63) is 24.3 Å². The second kappa shape index (κ2) is 6.51. The summed E-state index contributed by atoms with van der Waals surface area (Å²) in [4.78, 5) is 11.4. The largest absolute Gasteiger partial charge is 0.341 e. The van der Waals surface area contributed by atoms with Gasteiger partial charge in [0.25, 0.3) is 0 Å². The maximum Gasteiger partial charge on any atom is 0.341 e. The van der Waals surface area contributed by atoms with Crippen molar-refractivity contribution in [3.8, 4) is 0 Å². The number of carbonyl (C=O) groups is 1. The van der Waals surface area contributed by atoms with E-state index in [4.69, 9.17) is 0 Å². The van der Waals surface area contributed by atoms with Crippen LogP contribution in [0.2, 0.25) is 0 Å². The normalized spacial score (nSPS) is 16.3. The molecule has 1 N–H and O–H groups in total. The van der Waals surface area contributed by atoms with Gasteiger partial charge < -0.3 is 5.32 Å². The second-order valence-electron chi connectivity index (χ2n) is 5.23. The Morgan fingerprint density at radius 2 is 1.76 bits per heavy atom. The van der Waals surface area contributed by atoms with Gasteiger partial charge in [-0.1, -0.05) is 12.8 Å². The van der Waals surface area contributed by atoms with E-state index in [1.54, 1.807) is 0 Å². The number of anilines is 1. The number of hydrogen-bond donors (Lipinski definition) is 1. The topological polar surface area (TPSA) is 63.2 Å². The summed E-state index contributed by atoms with van der Waals surface area (Å²) in [6, 6.07) is 4.79. The van der Waals surface area contributed by atoms with Crippen molar-refractivity contribution in [2.45, 2.75) is 42.8 Å². The number of halogens is 2. The average molecular weight is 317 g/mol. The fraction of sp³-hybridized carbons (Fsp3) is 0.500. The zero-order valence-corrected chi connectivity index (χ0v) is 12.2. The lowest BCUT2D eigenvalue weighted by molar-refractivity contribution is -0.117. The molecule has 0 saturated heterocycles. The van der Waals surface area contributed by atoms with E-state index in [1.807, 2.05) is 0 Å². The number of rotatable bonds is 5. The van der Waals surface area contributed by atoms with E-state index in [0.29, 0.717) is 18.0 Å². The van der Waals surface area contributed by atoms with Gasteiger partial charge in [0.15, 0.2) is 0 Å². The van der Waals surface area contributed by atoms with Gasteiger partial charge in [0.1, 0.15) is 0 Å². The minimum absolute atomic E-state index is 0.133. The summed E-state index contributed by atoms with van der Waals surface area (Å²) in [7, 11) is -4.59. The third-order valence-corrected chi connectivity index (χ3v) is 5.05. The van der Waals surface area contributed by atoms with E-state index in [1.165, 1.54) is 12.1 Å². The first-order valence-corrected chi connectivity index (χ1v) is 8.36. The maximum atomic E-state index is 12.4. The summed E-state index contributed by atoms with van der Waals surface area (Å²) < 4.78 is 47.3. The number of sulfone groups is 1. The Labute approximate surface area is 122 Å². The lowest BCUT2D eigenvalue weighted by Crippen LogP contribution is -2.15. The Hall–Kier alpha value is -1.50. The van der Waals surface area contributed by atoms with Gasteiger partial charge in [0, 0.05) is 12.1 Å². The number of benzene rings is 1. The molecule has 1 aromatic carbocycles. The van der Waals surface area contributed by atoms with Crippen molar-refractivity contribution < 1.29 is 22.0 Å². The van der Waals surface area contributed by atoms with Gasteiger partial charge in [-0.25, -0.2) is 8.42 Å². The smallest absolute Gasteiger partial charge is 0.326 e. The molecule has 0 unspecified atom stereocenters. The first-order chi connectivity index (χ1) is 9.89. The molecule has 0 aromatic heterocycles. The van der Waals surface area contributed by atoms with Crippen LogP contribution in [0.25, 0.3) is 0 Å². The molecular formula is C14H17F2NO3S. The van der Waals surface area contributed by atoms with E-state index < -0.39 is 20.5 Å². The molecule has 0 bridgehead atoms. The molecule has 2 rings (SSSR count). The highest BCUT2D eigenvalue weighted by atomic mass is 32.2. The van der Waals surface area contributed by atoms with Crippen molar-refractivity contribution in [2.24, 2.45) is 5.92 Å². The number of amides is 1. The minimum Gasteiger partial charge on any atom is -0.326 e. The van der Waals surface area contributed by atoms with Crippen LogP contribution in [0.5, 0.6) is 0 Å². The standard InChI is InChI=1S/C14H17F2NO3S/c15-14(16)21(19,20)12-7-5-11(6-8-12)17-13(18)9-10-3-1-2-4-10/h5-8,10,14H,1-4,9H2,(H,17,18). The summed E-state index contributed by atoms with van der Waals surface area (Å²) in [6.45, 7) is 0. The number of nitrogens with one attached hydrogen (secondary N) is 1. The summed E-state index contributed by atoms with van der Waals surface area (Å²) in [5.41, 5.74) is 0.409. The maximum absolute atomic E-state index is 12.4. The van der Waals surface area contributed by atoms with E-state index in [9.17, 15) is 22.0 Å². The molecule has 7 heteroatoms. The Morgan fingerprint density at radius 3 is 2.29 bits per heavy atom. The zero-order chi connectivity index (χ0) is 15.5. The third kappa shape index (κ3) is 4.00. The fourth-order valence-electron chi connectivity index (χ4n) is 2.52. The third-order valence-electron chi connectivity index (χ3n) is 3.65. The predicted molar refractivity (Wildman–Crippen MR) is 74.8 cm³/mol. The lowest BCUT2D eigenvalue weighted by Gasteiger charge is -2.10. The van der Waals surface area contributed by atoms with E-state index in [2.05, 4.69) is 5.32 Å². The average Bonchev–Trinajstić information content (AvgIpc) is 2.91. The van der Waals surface area contributed by atoms with Crippen LogP contribution in [0.4, 0.5) is 14.5 Å².